The zero-order valence-corrected chi connectivity index (χ0v) is 13.0. The van der Waals surface area contributed by atoms with E-state index in [4.69, 9.17) is 17.0 Å². The van der Waals surface area contributed by atoms with Gasteiger partial charge in [0, 0.05) is 19.1 Å². The van der Waals surface area contributed by atoms with Crippen LogP contribution in [0.15, 0.2) is 24.3 Å². The summed E-state index contributed by atoms with van der Waals surface area (Å²) in [5.41, 5.74) is 0.901. The minimum absolute atomic E-state index is 0.465. The fraction of sp³-hybridized carbons (Fsp3) is 0.533. The average Bonchev–Trinajstić information content (AvgIpc) is 2.48. The zero-order valence-electron chi connectivity index (χ0n) is 12.2. The zero-order chi connectivity index (χ0) is 14.4. The van der Waals surface area contributed by atoms with Gasteiger partial charge in [0.25, 0.3) is 0 Å². The number of thiocarbonyl (C=S) groups is 1. The first-order valence-corrected chi connectivity index (χ1v) is 7.56. The molecule has 1 fully saturated rings. The first kappa shape index (κ1) is 15.1. The molecule has 0 amide bonds. The second-order valence-corrected chi connectivity index (χ2v) is 5.42. The molecule has 1 aromatic carbocycles. The molecule has 4 nitrogen and oxygen atoms in total. The lowest BCUT2D eigenvalue weighted by Crippen LogP contribution is -2.45. The summed E-state index contributed by atoms with van der Waals surface area (Å²) < 4.78 is 5.31. The molecule has 5 heteroatoms. The maximum atomic E-state index is 5.39. The van der Waals surface area contributed by atoms with Crippen LogP contribution in [0.5, 0.6) is 5.75 Å². The van der Waals surface area contributed by atoms with Gasteiger partial charge in [-0.2, -0.15) is 0 Å². The predicted octanol–water partition coefficient (Wildman–Crippen LogP) is 2.47. The first-order valence-electron chi connectivity index (χ1n) is 7.15. The van der Waals surface area contributed by atoms with E-state index >= 15 is 0 Å². The number of piperidine rings is 1. The Morgan fingerprint density at radius 1 is 1.35 bits per heavy atom. The van der Waals surface area contributed by atoms with E-state index in [-0.39, 0.29) is 0 Å². The van der Waals surface area contributed by atoms with Gasteiger partial charge in [-0.15, -0.1) is 0 Å². The summed E-state index contributed by atoms with van der Waals surface area (Å²) in [5.74, 6) is 0.803. The van der Waals surface area contributed by atoms with Crippen LogP contribution in [0.2, 0.25) is 0 Å². The van der Waals surface area contributed by atoms with Crippen LogP contribution in [0.3, 0.4) is 0 Å². The highest BCUT2D eigenvalue weighted by Crippen LogP contribution is 2.23. The van der Waals surface area contributed by atoms with E-state index in [1.807, 2.05) is 24.3 Å². The van der Waals surface area contributed by atoms with E-state index in [2.05, 4.69) is 22.5 Å². The Kier molecular flexibility index (Phi) is 5.61. The van der Waals surface area contributed by atoms with Crippen molar-refractivity contribution in [2.24, 2.45) is 0 Å². The Morgan fingerprint density at radius 2 is 2.05 bits per heavy atom. The minimum Gasteiger partial charge on any atom is -0.495 e. The van der Waals surface area contributed by atoms with Gasteiger partial charge in [0.2, 0.25) is 0 Å². The average molecular weight is 293 g/mol. The third kappa shape index (κ3) is 4.08. The molecule has 0 aromatic heterocycles. The van der Waals surface area contributed by atoms with Crippen molar-refractivity contribution in [1.29, 1.82) is 0 Å². The fourth-order valence-corrected chi connectivity index (χ4v) is 2.76. The van der Waals surface area contributed by atoms with E-state index in [0.717, 1.165) is 43.9 Å². The van der Waals surface area contributed by atoms with Gasteiger partial charge in [-0.3, -0.25) is 0 Å². The monoisotopic (exact) mass is 293 g/mol. The maximum absolute atomic E-state index is 5.39. The lowest BCUT2D eigenvalue weighted by molar-refractivity contribution is 0.216. The molecule has 0 bridgehead atoms. The van der Waals surface area contributed by atoms with Crippen molar-refractivity contribution in [3.8, 4) is 5.75 Å². The van der Waals surface area contributed by atoms with E-state index in [0.29, 0.717) is 11.2 Å². The van der Waals surface area contributed by atoms with Crippen molar-refractivity contribution in [2.75, 3.05) is 32.1 Å². The number of rotatable bonds is 4. The second kappa shape index (κ2) is 7.45. The summed E-state index contributed by atoms with van der Waals surface area (Å²) in [5, 5.41) is 7.29. The molecule has 0 spiro atoms. The Bertz CT molecular complexity index is 444. The van der Waals surface area contributed by atoms with Crippen LogP contribution in [0, 0.1) is 0 Å². The van der Waals surface area contributed by atoms with Gasteiger partial charge in [-0.25, -0.2) is 0 Å². The number of para-hydroxylation sites is 2. The predicted molar refractivity (Wildman–Crippen MR) is 87.5 cm³/mol. The SMILES string of the molecule is CCN1CCC(NC(=S)Nc2ccccc2OC)CC1. The molecule has 1 aromatic rings. The molecule has 0 unspecified atom stereocenters. The number of nitrogens with one attached hydrogen (secondary N) is 2. The number of anilines is 1. The summed E-state index contributed by atoms with van der Waals surface area (Å²) in [6.45, 7) is 5.63. The number of likely N-dealkylation sites (tertiary alicyclic amines) is 1. The highest BCUT2D eigenvalue weighted by molar-refractivity contribution is 7.80. The van der Waals surface area contributed by atoms with Gasteiger partial charge >= 0.3 is 0 Å². The minimum atomic E-state index is 0.465. The van der Waals surface area contributed by atoms with Crippen LogP contribution < -0.4 is 15.4 Å². The van der Waals surface area contributed by atoms with Crippen molar-refractivity contribution in [1.82, 2.24) is 10.2 Å². The highest BCUT2D eigenvalue weighted by Gasteiger charge is 2.18. The third-order valence-corrected chi connectivity index (χ3v) is 3.95. The molecule has 1 heterocycles. The first-order chi connectivity index (χ1) is 9.72. The lowest BCUT2D eigenvalue weighted by Gasteiger charge is -2.32. The third-order valence-electron chi connectivity index (χ3n) is 3.73. The molecule has 2 N–H and O–H groups in total. The molecule has 0 aliphatic carbocycles. The summed E-state index contributed by atoms with van der Waals surface area (Å²) in [6, 6.07) is 8.26. The van der Waals surface area contributed by atoms with Crippen molar-refractivity contribution >= 4 is 23.0 Å². The Hall–Kier alpha value is -1.33. The Balaban J connectivity index is 1.84. The normalized spacial score (nSPS) is 16.7. The number of ether oxygens (including phenoxy) is 1. The molecule has 0 saturated carbocycles. The molecule has 0 radical (unpaired) electrons. The number of hydrogen-bond donors (Lipinski definition) is 2. The van der Waals surface area contributed by atoms with Crippen LogP contribution in [-0.2, 0) is 0 Å². The van der Waals surface area contributed by atoms with E-state index in [1.54, 1.807) is 7.11 Å². The Morgan fingerprint density at radius 3 is 2.70 bits per heavy atom. The number of nitrogens with zero attached hydrogens (tertiary/aromatic N) is 1. The van der Waals surface area contributed by atoms with E-state index < -0.39 is 0 Å². The van der Waals surface area contributed by atoms with Gasteiger partial charge in [-0.05, 0) is 43.7 Å². The van der Waals surface area contributed by atoms with Crippen molar-refractivity contribution in [2.45, 2.75) is 25.8 Å². The standard InChI is InChI=1S/C15H23N3OS/c1-3-18-10-8-12(9-11-18)16-15(20)17-13-6-4-5-7-14(13)19-2/h4-7,12H,3,8-11H2,1-2H3,(H2,16,17,20). The molecular formula is C15H23N3OS. The molecular weight excluding hydrogens is 270 g/mol. The van der Waals surface area contributed by atoms with Crippen molar-refractivity contribution in [3.63, 3.8) is 0 Å². The molecule has 110 valence electrons. The van der Waals surface area contributed by atoms with E-state index in [1.165, 1.54) is 0 Å². The van der Waals surface area contributed by atoms with Crippen LogP contribution in [0.1, 0.15) is 19.8 Å². The van der Waals surface area contributed by atoms with Crippen molar-refractivity contribution in [3.05, 3.63) is 24.3 Å². The fourth-order valence-electron chi connectivity index (χ4n) is 2.49. The van der Waals surface area contributed by atoms with Crippen LogP contribution in [0.25, 0.3) is 0 Å². The van der Waals surface area contributed by atoms with Gasteiger partial charge in [0.1, 0.15) is 5.75 Å². The van der Waals surface area contributed by atoms with E-state index in [9.17, 15) is 0 Å². The van der Waals surface area contributed by atoms with Gasteiger partial charge in [0.15, 0.2) is 5.11 Å². The van der Waals surface area contributed by atoms with Gasteiger partial charge < -0.3 is 20.3 Å². The molecule has 1 aliphatic heterocycles. The molecule has 20 heavy (non-hydrogen) atoms. The van der Waals surface area contributed by atoms with Crippen LogP contribution >= 0.6 is 12.2 Å². The number of methoxy groups -OCH3 is 1. The molecule has 1 saturated heterocycles. The maximum Gasteiger partial charge on any atom is 0.171 e. The summed E-state index contributed by atoms with van der Waals surface area (Å²) in [7, 11) is 1.66. The highest BCUT2D eigenvalue weighted by atomic mass is 32.1. The molecule has 1 aliphatic rings. The summed E-state index contributed by atoms with van der Waals surface area (Å²) in [6.07, 6.45) is 2.28. The summed E-state index contributed by atoms with van der Waals surface area (Å²) in [4.78, 5) is 2.47. The Labute approximate surface area is 126 Å². The topological polar surface area (TPSA) is 36.5 Å². The number of hydrogen-bond acceptors (Lipinski definition) is 3. The van der Waals surface area contributed by atoms with Crippen LogP contribution in [0.4, 0.5) is 5.69 Å². The van der Waals surface area contributed by atoms with Crippen LogP contribution in [-0.4, -0.2) is 42.8 Å². The lowest BCUT2D eigenvalue weighted by atomic mass is 10.1. The quantitative estimate of drug-likeness (QED) is 0.834. The summed E-state index contributed by atoms with van der Waals surface area (Å²) >= 11 is 5.39. The smallest absolute Gasteiger partial charge is 0.171 e. The largest absolute Gasteiger partial charge is 0.495 e. The van der Waals surface area contributed by atoms with Gasteiger partial charge in [0.05, 0.1) is 12.8 Å². The van der Waals surface area contributed by atoms with Gasteiger partial charge in [-0.1, -0.05) is 19.1 Å². The van der Waals surface area contributed by atoms with Crippen molar-refractivity contribution < 1.29 is 4.74 Å². The second-order valence-electron chi connectivity index (χ2n) is 5.01. The molecule has 2 rings (SSSR count). The molecule has 0 atom stereocenters. The number of benzene rings is 1.